The lowest BCUT2D eigenvalue weighted by molar-refractivity contribution is 0.851. The van der Waals surface area contributed by atoms with E-state index in [1.54, 1.807) is 0 Å². The Labute approximate surface area is 82.0 Å². The summed E-state index contributed by atoms with van der Waals surface area (Å²) in [6.07, 6.45) is 2.41. The van der Waals surface area contributed by atoms with E-state index in [0.29, 0.717) is 0 Å². The highest BCUT2D eigenvalue weighted by molar-refractivity contribution is 7.99. The van der Waals surface area contributed by atoms with Gasteiger partial charge >= 0.3 is 0 Å². The van der Waals surface area contributed by atoms with Crippen LogP contribution < -0.4 is 0 Å². The first kappa shape index (κ1) is 8.51. The minimum atomic E-state index is 0.219. The van der Waals surface area contributed by atoms with E-state index in [9.17, 15) is 0 Å². The van der Waals surface area contributed by atoms with Crippen molar-refractivity contribution in [1.82, 2.24) is 9.97 Å². The standard InChI is InChI=1S/C8H12N2S2/c1-5(11)7-9-6-3-2-4-12-8(6)10-7/h5,11H,2-4H2,1H3,(H,9,10). The normalized spacial score (nSPS) is 18.8. The molecule has 1 aromatic rings. The fourth-order valence-electron chi connectivity index (χ4n) is 1.32. The maximum absolute atomic E-state index is 4.48. The van der Waals surface area contributed by atoms with Crippen LogP contribution in [0.2, 0.25) is 0 Å². The molecule has 12 heavy (non-hydrogen) atoms. The molecule has 0 saturated carbocycles. The number of aromatic amines is 1. The lowest BCUT2D eigenvalue weighted by Gasteiger charge is -2.06. The summed E-state index contributed by atoms with van der Waals surface area (Å²) in [4.78, 5) is 7.81. The van der Waals surface area contributed by atoms with Crippen LogP contribution in [-0.4, -0.2) is 15.7 Å². The maximum atomic E-state index is 4.48. The highest BCUT2D eigenvalue weighted by atomic mass is 32.2. The molecule has 4 heteroatoms. The van der Waals surface area contributed by atoms with E-state index in [-0.39, 0.29) is 5.25 Å². The number of fused-ring (bicyclic) bond motifs is 1. The molecule has 1 aliphatic rings. The van der Waals surface area contributed by atoms with Crippen LogP contribution in [-0.2, 0) is 6.42 Å². The SMILES string of the molecule is CC(S)c1nc2c([nH]1)CCCS2. The number of nitrogens with one attached hydrogen (secondary N) is 1. The van der Waals surface area contributed by atoms with Crippen molar-refractivity contribution < 1.29 is 0 Å². The summed E-state index contributed by atoms with van der Waals surface area (Å²) in [6.45, 7) is 2.04. The van der Waals surface area contributed by atoms with Crippen molar-refractivity contribution in [2.24, 2.45) is 0 Å². The number of hydrogen-bond acceptors (Lipinski definition) is 3. The Morgan fingerprint density at radius 1 is 1.67 bits per heavy atom. The first-order chi connectivity index (χ1) is 5.77. The maximum Gasteiger partial charge on any atom is 0.120 e. The number of H-pyrrole nitrogens is 1. The summed E-state index contributed by atoms with van der Waals surface area (Å²) in [5.41, 5.74) is 1.31. The van der Waals surface area contributed by atoms with Crippen LogP contribution in [0.25, 0.3) is 0 Å². The molecule has 0 amide bonds. The Kier molecular flexibility index (Phi) is 2.37. The van der Waals surface area contributed by atoms with Gasteiger partial charge in [0, 0.05) is 5.69 Å². The summed E-state index contributed by atoms with van der Waals surface area (Å²) in [5.74, 6) is 2.22. The molecule has 0 aromatic carbocycles. The number of aromatic nitrogens is 2. The first-order valence-corrected chi connectivity index (χ1v) is 5.67. The Bertz CT molecular complexity index is 257. The fourth-order valence-corrected chi connectivity index (χ4v) is 2.41. The van der Waals surface area contributed by atoms with Gasteiger partial charge in [-0.2, -0.15) is 12.6 Å². The van der Waals surface area contributed by atoms with Gasteiger partial charge in [-0.15, -0.1) is 11.8 Å². The van der Waals surface area contributed by atoms with Gasteiger partial charge in [0.15, 0.2) is 0 Å². The van der Waals surface area contributed by atoms with Crippen molar-refractivity contribution in [3.05, 3.63) is 11.5 Å². The number of thioether (sulfide) groups is 1. The molecule has 66 valence electrons. The molecule has 0 aliphatic carbocycles. The van der Waals surface area contributed by atoms with Gasteiger partial charge in [0.25, 0.3) is 0 Å². The number of nitrogens with zero attached hydrogens (tertiary/aromatic N) is 1. The van der Waals surface area contributed by atoms with Gasteiger partial charge < -0.3 is 4.98 Å². The number of imidazole rings is 1. The molecule has 1 aromatic heterocycles. The van der Waals surface area contributed by atoms with Crippen molar-refractivity contribution in [1.29, 1.82) is 0 Å². The summed E-state index contributed by atoms with van der Waals surface area (Å²) < 4.78 is 0. The molecule has 0 spiro atoms. The summed E-state index contributed by atoms with van der Waals surface area (Å²) in [7, 11) is 0. The molecule has 1 unspecified atom stereocenters. The molecule has 2 nitrogen and oxygen atoms in total. The quantitative estimate of drug-likeness (QED) is 0.682. The van der Waals surface area contributed by atoms with E-state index >= 15 is 0 Å². The predicted octanol–water partition coefficient (Wildman–Crippen LogP) is 2.44. The zero-order chi connectivity index (χ0) is 8.55. The second kappa shape index (κ2) is 3.34. The van der Waals surface area contributed by atoms with Gasteiger partial charge in [-0.1, -0.05) is 0 Å². The lowest BCUT2D eigenvalue weighted by Crippen LogP contribution is -1.96. The molecule has 1 aliphatic heterocycles. The monoisotopic (exact) mass is 200 g/mol. The average Bonchev–Trinajstić information content (AvgIpc) is 2.46. The molecular formula is C8H12N2S2. The van der Waals surface area contributed by atoms with Crippen molar-refractivity contribution in [3.63, 3.8) is 0 Å². The fraction of sp³-hybridized carbons (Fsp3) is 0.625. The molecule has 0 radical (unpaired) electrons. The molecule has 0 fully saturated rings. The lowest BCUT2D eigenvalue weighted by atomic mass is 10.3. The summed E-state index contributed by atoms with van der Waals surface area (Å²) >= 11 is 6.19. The Morgan fingerprint density at radius 2 is 2.50 bits per heavy atom. The van der Waals surface area contributed by atoms with Crippen LogP contribution in [0.4, 0.5) is 0 Å². The van der Waals surface area contributed by atoms with E-state index in [4.69, 9.17) is 0 Å². The van der Waals surface area contributed by atoms with Crippen LogP contribution in [0.3, 0.4) is 0 Å². The van der Waals surface area contributed by atoms with Crippen LogP contribution >= 0.6 is 24.4 Å². The largest absolute Gasteiger partial charge is 0.344 e. The highest BCUT2D eigenvalue weighted by Crippen LogP contribution is 2.29. The summed E-state index contributed by atoms with van der Waals surface area (Å²) in [5, 5.41) is 1.41. The van der Waals surface area contributed by atoms with E-state index in [1.807, 2.05) is 18.7 Å². The Hall–Kier alpha value is -0.0900. The van der Waals surface area contributed by atoms with Crippen LogP contribution in [0.15, 0.2) is 5.03 Å². The molecular weight excluding hydrogens is 188 g/mol. The zero-order valence-corrected chi connectivity index (χ0v) is 8.71. The van der Waals surface area contributed by atoms with Gasteiger partial charge in [0.05, 0.1) is 5.25 Å². The topological polar surface area (TPSA) is 28.7 Å². The van der Waals surface area contributed by atoms with Crippen molar-refractivity contribution >= 4 is 24.4 Å². The third-order valence-corrected chi connectivity index (χ3v) is 3.31. The third kappa shape index (κ3) is 1.50. The van der Waals surface area contributed by atoms with E-state index in [2.05, 4.69) is 22.6 Å². The number of rotatable bonds is 1. The first-order valence-electron chi connectivity index (χ1n) is 4.17. The summed E-state index contributed by atoms with van der Waals surface area (Å²) in [6, 6.07) is 0. The molecule has 2 rings (SSSR count). The smallest absolute Gasteiger partial charge is 0.120 e. The van der Waals surface area contributed by atoms with Gasteiger partial charge in [-0.3, -0.25) is 0 Å². The minimum Gasteiger partial charge on any atom is -0.344 e. The van der Waals surface area contributed by atoms with E-state index in [0.717, 1.165) is 12.2 Å². The third-order valence-electron chi connectivity index (χ3n) is 1.96. The second-order valence-electron chi connectivity index (χ2n) is 3.03. The molecule has 0 bridgehead atoms. The van der Waals surface area contributed by atoms with Crippen LogP contribution in [0, 0.1) is 0 Å². The van der Waals surface area contributed by atoms with Gasteiger partial charge in [0.2, 0.25) is 0 Å². The van der Waals surface area contributed by atoms with Crippen molar-refractivity contribution in [2.75, 3.05) is 5.75 Å². The van der Waals surface area contributed by atoms with Crippen molar-refractivity contribution in [2.45, 2.75) is 30.0 Å². The average molecular weight is 200 g/mol. The van der Waals surface area contributed by atoms with Gasteiger partial charge in [-0.25, -0.2) is 4.98 Å². The van der Waals surface area contributed by atoms with Crippen LogP contribution in [0.1, 0.15) is 30.1 Å². The minimum absolute atomic E-state index is 0.219. The highest BCUT2D eigenvalue weighted by Gasteiger charge is 2.16. The van der Waals surface area contributed by atoms with Crippen molar-refractivity contribution in [3.8, 4) is 0 Å². The Morgan fingerprint density at radius 3 is 3.17 bits per heavy atom. The molecule has 2 heterocycles. The molecule has 1 N–H and O–H groups in total. The predicted molar refractivity (Wildman–Crippen MR) is 55.0 cm³/mol. The number of aryl methyl sites for hydroxylation is 1. The number of hydrogen-bond donors (Lipinski definition) is 2. The molecule has 0 saturated heterocycles. The molecule has 1 atom stereocenters. The second-order valence-corrected chi connectivity index (χ2v) is 4.89. The number of thiol groups is 1. The van der Waals surface area contributed by atoms with E-state index < -0.39 is 0 Å². The van der Waals surface area contributed by atoms with E-state index in [1.165, 1.54) is 22.9 Å². The van der Waals surface area contributed by atoms with Gasteiger partial charge in [0.1, 0.15) is 10.9 Å². The Balaban J connectivity index is 2.32. The van der Waals surface area contributed by atoms with Gasteiger partial charge in [-0.05, 0) is 25.5 Å². The zero-order valence-electron chi connectivity index (χ0n) is 7.00. The van der Waals surface area contributed by atoms with Crippen LogP contribution in [0.5, 0.6) is 0 Å².